The number of carbonyl (C=O) groups is 2. The zero-order chi connectivity index (χ0) is 25.3. The highest BCUT2D eigenvalue weighted by Gasteiger charge is 2.35. The van der Waals surface area contributed by atoms with E-state index in [1.54, 1.807) is 19.1 Å². The summed E-state index contributed by atoms with van der Waals surface area (Å²) in [5, 5.41) is 12.1. The Morgan fingerprint density at radius 2 is 2.06 bits per heavy atom. The number of likely N-dealkylation sites (tertiary alicyclic amines) is 1. The van der Waals surface area contributed by atoms with Gasteiger partial charge in [0.05, 0.1) is 47.7 Å². The minimum Gasteiger partial charge on any atom is -0.373 e. The maximum atomic E-state index is 13.3. The van der Waals surface area contributed by atoms with Crippen LogP contribution < -0.4 is 5.32 Å². The fraction of sp³-hybridized carbons (Fsp3) is 0.480. The van der Waals surface area contributed by atoms with Crippen molar-refractivity contribution in [2.24, 2.45) is 0 Å². The molecule has 1 saturated heterocycles. The minimum atomic E-state index is -4.64. The van der Waals surface area contributed by atoms with E-state index in [1.807, 2.05) is 16.4 Å². The highest BCUT2D eigenvalue weighted by molar-refractivity contribution is 6.01. The summed E-state index contributed by atoms with van der Waals surface area (Å²) >= 11 is 0. The summed E-state index contributed by atoms with van der Waals surface area (Å²) in [5.41, 5.74) is 0.246. The Kier molecular flexibility index (Phi) is 6.90. The Balaban J connectivity index is 1.62. The van der Waals surface area contributed by atoms with Crippen molar-refractivity contribution in [2.45, 2.75) is 64.5 Å². The molecule has 0 spiro atoms. The van der Waals surface area contributed by atoms with E-state index in [0.29, 0.717) is 48.6 Å². The van der Waals surface area contributed by atoms with Crippen LogP contribution in [0.3, 0.4) is 0 Å². The SMILES string of the molecule is CCC(NC(=O)c1cc(C(=O)N2CCCC2C)n2c1COCC2)c1ccc(C(F)(F)F)c(C#N)c1. The van der Waals surface area contributed by atoms with Crippen LogP contribution in [0.1, 0.15) is 82.4 Å². The molecular weight excluding hydrogens is 461 g/mol. The molecular formula is C25H27F3N4O3. The summed E-state index contributed by atoms with van der Waals surface area (Å²) in [6, 6.07) is 6.01. The molecule has 0 radical (unpaired) electrons. The van der Waals surface area contributed by atoms with Crippen LogP contribution in [0.25, 0.3) is 0 Å². The van der Waals surface area contributed by atoms with Crippen LogP contribution in [0.4, 0.5) is 13.2 Å². The fourth-order valence-corrected chi connectivity index (χ4v) is 4.86. The molecule has 0 aliphatic carbocycles. The summed E-state index contributed by atoms with van der Waals surface area (Å²) in [7, 11) is 0. The van der Waals surface area contributed by atoms with Gasteiger partial charge in [0, 0.05) is 19.1 Å². The highest BCUT2D eigenvalue weighted by atomic mass is 19.4. The summed E-state index contributed by atoms with van der Waals surface area (Å²) in [6.45, 7) is 5.53. The molecule has 2 aliphatic rings. The molecule has 35 heavy (non-hydrogen) atoms. The molecule has 1 N–H and O–H groups in total. The Bertz CT molecular complexity index is 1180. The number of nitrogens with one attached hydrogen (secondary N) is 1. The lowest BCUT2D eigenvalue weighted by atomic mass is 9.98. The number of benzene rings is 1. The van der Waals surface area contributed by atoms with Crippen LogP contribution >= 0.6 is 0 Å². The van der Waals surface area contributed by atoms with Gasteiger partial charge in [0.1, 0.15) is 5.69 Å². The number of rotatable bonds is 5. The maximum Gasteiger partial charge on any atom is 0.417 e. The topological polar surface area (TPSA) is 87.4 Å². The van der Waals surface area contributed by atoms with Crippen LogP contribution in [0.15, 0.2) is 24.3 Å². The number of amides is 2. The van der Waals surface area contributed by atoms with E-state index in [-0.39, 0.29) is 18.6 Å². The van der Waals surface area contributed by atoms with Crippen molar-refractivity contribution in [1.82, 2.24) is 14.8 Å². The van der Waals surface area contributed by atoms with Gasteiger partial charge in [0.15, 0.2) is 0 Å². The quantitative estimate of drug-likeness (QED) is 0.675. The van der Waals surface area contributed by atoms with Gasteiger partial charge in [-0.2, -0.15) is 18.4 Å². The first-order chi connectivity index (χ1) is 16.7. The first kappa shape index (κ1) is 24.8. The average Bonchev–Trinajstić information content (AvgIpc) is 3.44. The van der Waals surface area contributed by atoms with Crippen molar-refractivity contribution in [3.05, 3.63) is 57.9 Å². The third-order valence-corrected chi connectivity index (χ3v) is 6.77. The van der Waals surface area contributed by atoms with E-state index in [9.17, 15) is 28.0 Å². The molecule has 1 aromatic carbocycles. The van der Waals surface area contributed by atoms with Gasteiger partial charge in [0.25, 0.3) is 11.8 Å². The first-order valence-electron chi connectivity index (χ1n) is 11.7. The molecule has 0 bridgehead atoms. The van der Waals surface area contributed by atoms with Gasteiger partial charge in [0.2, 0.25) is 0 Å². The van der Waals surface area contributed by atoms with Crippen LogP contribution in [0, 0.1) is 11.3 Å². The normalized spacial score (nSPS) is 18.6. The lowest BCUT2D eigenvalue weighted by molar-refractivity contribution is -0.137. The molecule has 2 amide bonds. The van der Waals surface area contributed by atoms with E-state index in [4.69, 9.17) is 4.74 Å². The van der Waals surface area contributed by atoms with E-state index < -0.39 is 29.3 Å². The van der Waals surface area contributed by atoms with Crippen molar-refractivity contribution >= 4 is 11.8 Å². The number of hydrogen-bond donors (Lipinski definition) is 1. The third-order valence-electron chi connectivity index (χ3n) is 6.77. The van der Waals surface area contributed by atoms with Crippen molar-refractivity contribution in [3.63, 3.8) is 0 Å². The van der Waals surface area contributed by atoms with Crippen LogP contribution in [-0.2, 0) is 24.1 Å². The van der Waals surface area contributed by atoms with E-state index in [1.165, 1.54) is 12.1 Å². The number of nitrogens with zero attached hydrogens (tertiary/aromatic N) is 3. The second-order valence-corrected chi connectivity index (χ2v) is 8.93. The largest absolute Gasteiger partial charge is 0.417 e. The maximum absolute atomic E-state index is 13.3. The Morgan fingerprint density at radius 1 is 1.29 bits per heavy atom. The minimum absolute atomic E-state index is 0.120. The Labute approximate surface area is 201 Å². The molecule has 1 fully saturated rings. The number of halogens is 3. The summed E-state index contributed by atoms with van der Waals surface area (Å²) in [4.78, 5) is 28.4. The molecule has 1 aromatic heterocycles. The van der Waals surface area contributed by atoms with Gasteiger partial charge in [-0.05, 0) is 49.9 Å². The number of ether oxygens (including phenoxy) is 1. The molecule has 7 nitrogen and oxygen atoms in total. The number of nitriles is 1. The number of fused-ring (bicyclic) bond motifs is 1. The molecule has 2 atom stereocenters. The molecule has 2 unspecified atom stereocenters. The fourth-order valence-electron chi connectivity index (χ4n) is 4.86. The molecule has 4 rings (SSSR count). The van der Waals surface area contributed by atoms with Gasteiger partial charge in [-0.25, -0.2) is 0 Å². The predicted molar refractivity (Wildman–Crippen MR) is 120 cm³/mol. The molecule has 2 aromatic rings. The first-order valence-corrected chi connectivity index (χ1v) is 11.7. The third kappa shape index (κ3) is 4.78. The zero-order valence-electron chi connectivity index (χ0n) is 19.6. The number of alkyl halides is 3. The van der Waals surface area contributed by atoms with Crippen molar-refractivity contribution in [3.8, 4) is 6.07 Å². The van der Waals surface area contributed by atoms with Crippen LogP contribution in [0.2, 0.25) is 0 Å². The van der Waals surface area contributed by atoms with Crippen LogP contribution in [-0.4, -0.2) is 40.5 Å². The van der Waals surface area contributed by atoms with Gasteiger partial charge in [-0.1, -0.05) is 13.0 Å². The van der Waals surface area contributed by atoms with Crippen molar-refractivity contribution < 1.29 is 27.5 Å². The van der Waals surface area contributed by atoms with E-state index in [2.05, 4.69) is 5.32 Å². The lowest BCUT2D eigenvalue weighted by Gasteiger charge is -2.24. The summed E-state index contributed by atoms with van der Waals surface area (Å²) in [6.07, 6.45) is -2.37. The lowest BCUT2D eigenvalue weighted by Crippen LogP contribution is -2.35. The van der Waals surface area contributed by atoms with Crippen molar-refractivity contribution in [1.29, 1.82) is 5.26 Å². The van der Waals surface area contributed by atoms with Crippen molar-refractivity contribution in [2.75, 3.05) is 13.2 Å². The van der Waals surface area contributed by atoms with E-state index >= 15 is 0 Å². The number of carbonyl (C=O) groups excluding carboxylic acids is 2. The van der Waals surface area contributed by atoms with Gasteiger partial charge < -0.3 is 19.5 Å². The van der Waals surface area contributed by atoms with Gasteiger partial charge in [-0.15, -0.1) is 0 Å². The Morgan fingerprint density at radius 3 is 2.69 bits per heavy atom. The van der Waals surface area contributed by atoms with E-state index in [0.717, 1.165) is 18.9 Å². The molecule has 186 valence electrons. The molecule has 10 heteroatoms. The second-order valence-electron chi connectivity index (χ2n) is 8.93. The zero-order valence-corrected chi connectivity index (χ0v) is 19.6. The number of aromatic nitrogens is 1. The average molecular weight is 489 g/mol. The summed E-state index contributed by atoms with van der Waals surface area (Å²) in [5.74, 6) is -0.566. The van der Waals surface area contributed by atoms with Gasteiger partial charge >= 0.3 is 6.18 Å². The molecule has 0 saturated carbocycles. The molecule has 3 heterocycles. The highest BCUT2D eigenvalue weighted by Crippen LogP contribution is 2.34. The Hall–Kier alpha value is -3.32. The predicted octanol–water partition coefficient (Wildman–Crippen LogP) is 4.41. The standard InChI is InChI=1S/C25H27F3N4O3/c1-3-20(16-6-7-19(25(26,27)28)17(11-16)13-29)30-23(33)18-12-21(32-9-10-35-14-22(18)32)24(34)31-8-4-5-15(31)2/h6-7,11-12,15,20H,3-5,8-10,14H2,1-2H3,(H,30,33). The van der Waals surface area contributed by atoms with Gasteiger partial charge in [-0.3, -0.25) is 9.59 Å². The number of hydrogen-bond acceptors (Lipinski definition) is 4. The monoisotopic (exact) mass is 488 g/mol. The smallest absolute Gasteiger partial charge is 0.373 e. The second kappa shape index (κ2) is 9.74. The molecule has 2 aliphatic heterocycles. The van der Waals surface area contributed by atoms with Crippen LogP contribution in [0.5, 0.6) is 0 Å². The summed E-state index contributed by atoms with van der Waals surface area (Å²) < 4.78 is 46.9.